The van der Waals surface area contributed by atoms with Gasteiger partial charge in [-0.1, -0.05) is 56.3 Å². The molecule has 0 heterocycles. The Hall–Kier alpha value is -1.91. The van der Waals surface area contributed by atoms with Crippen molar-refractivity contribution in [1.29, 1.82) is 0 Å². The fourth-order valence-electron chi connectivity index (χ4n) is 2.72. The van der Waals surface area contributed by atoms with Crippen LogP contribution in [0.25, 0.3) is 0 Å². The van der Waals surface area contributed by atoms with Gasteiger partial charge in [-0.3, -0.25) is 0 Å². The largest absolute Gasteiger partial charge is 0.356 e. The van der Waals surface area contributed by atoms with Crippen LogP contribution in [-0.2, 0) is 6.42 Å². The van der Waals surface area contributed by atoms with E-state index in [9.17, 15) is 0 Å². The van der Waals surface area contributed by atoms with Crippen LogP contribution in [0.4, 0.5) is 5.69 Å². The zero-order chi connectivity index (χ0) is 18.2. The lowest BCUT2D eigenvalue weighted by Crippen LogP contribution is -3.11. The van der Waals surface area contributed by atoms with E-state index >= 15 is 0 Å². The normalized spacial score (nSPS) is 12.2. The summed E-state index contributed by atoms with van der Waals surface area (Å²) in [5, 5.41) is 7.32. The first kappa shape index (κ1) is 19.4. The summed E-state index contributed by atoms with van der Waals surface area (Å²) in [7, 11) is 4.38. The summed E-state index contributed by atoms with van der Waals surface area (Å²) in [6.45, 7) is 5.24. The summed E-state index contributed by atoms with van der Waals surface area (Å²) in [5.41, 5.74) is 3.72. The Bertz CT molecular complexity index is 651. The molecule has 0 amide bonds. The van der Waals surface area contributed by atoms with Crippen LogP contribution in [0.5, 0.6) is 0 Å². The van der Waals surface area contributed by atoms with Crippen molar-refractivity contribution in [1.82, 2.24) is 5.32 Å². The minimum absolute atomic E-state index is 0.463. The van der Waals surface area contributed by atoms with Gasteiger partial charge in [0.05, 0.1) is 20.6 Å². The van der Waals surface area contributed by atoms with Gasteiger partial charge in [-0.2, -0.15) is 0 Å². The van der Waals surface area contributed by atoms with E-state index in [2.05, 4.69) is 93.2 Å². The van der Waals surface area contributed by atoms with E-state index in [1.807, 2.05) is 0 Å². The third-order valence-electron chi connectivity index (χ3n) is 4.49. The third-order valence-corrected chi connectivity index (χ3v) is 4.73. The van der Waals surface area contributed by atoms with Gasteiger partial charge in [-0.05, 0) is 41.4 Å². The van der Waals surface area contributed by atoms with Gasteiger partial charge in [-0.25, -0.2) is 0 Å². The summed E-state index contributed by atoms with van der Waals surface area (Å²) < 4.78 is 0. The molecule has 0 aliphatic carbocycles. The molecule has 0 radical (unpaired) electrons. The fraction of sp³-hybridized carbons (Fsp3) is 0.381. The monoisotopic (exact) mass is 356 g/mol. The molecule has 2 aromatic rings. The Morgan fingerprint density at radius 2 is 1.64 bits per heavy atom. The number of hydrogen-bond acceptors (Lipinski definition) is 1. The zero-order valence-electron chi connectivity index (χ0n) is 15.7. The summed E-state index contributed by atoms with van der Waals surface area (Å²) in [5.74, 6) is 0.543. The highest BCUT2D eigenvalue weighted by Gasteiger charge is 2.16. The van der Waals surface area contributed by atoms with Gasteiger partial charge in [-0.15, -0.1) is 0 Å². The van der Waals surface area contributed by atoms with Crippen LogP contribution < -0.4 is 15.5 Å². The van der Waals surface area contributed by atoms with E-state index in [4.69, 9.17) is 12.2 Å². The lowest BCUT2D eigenvalue weighted by molar-refractivity contribution is -0.884. The van der Waals surface area contributed by atoms with Crippen LogP contribution in [0.15, 0.2) is 54.6 Å². The molecule has 0 spiro atoms. The van der Waals surface area contributed by atoms with Crippen molar-refractivity contribution in [2.45, 2.75) is 32.2 Å². The van der Waals surface area contributed by atoms with Gasteiger partial charge in [0.25, 0.3) is 0 Å². The second-order valence-corrected chi connectivity index (χ2v) is 7.48. The summed E-state index contributed by atoms with van der Waals surface area (Å²) in [4.78, 5) is 1.42. The van der Waals surface area contributed by atoms with Crippen LogP contribution in [-0.4, -0.2) is 31.8 Å². The average molecular weight is 357 g/mol. The van der Waals surface area contributed by atoms with Crippen LogP contribution in [0.3, 0.4) is 0 Å². The standard InChI is InChI=1S/C21H29N3S/c1-16(2)18-10-12-19(13-11-18)23-21(25)22-15-20(24(3)4)14-17-8-6-5-7-9-17/h5-13,16,20H,14-15H2,1-4H3,(H2,22,23,25)/p+1/t20-/m1/s1. The molecule has 0 aromatic heterocycles. The van der Waals surface area contributed by atoms with Crippen molar-refractivity contribution in [3.63, 3.8) is 0 Å². The van der Waals surface area contributed by atoms with Crippen molar-refractivity contribution in [3.8, 4) is 0 Å². The first-order valence-corrected chi connectivity index (χ1v) is 9.35. The Morgan fingerprint density at radius 3 is 2.20 bits per heavy atom. The van der Waals surface area contributed by atoms with Crippen molar-refractivity contribution >= 4 is 23.0 Å². The summed E-state index contributed by atoms with van der Waals surface area (Å²) in [6, 6.07) is 19.6. The van der Waals surface area contributed by atoms with E-state index in [-0.39, 0.29) is 0 Å². The number of benzene rings is 2. The minimum Gasteiger partial charge on any atom is -0.356 e. The first-order valence-electron chi connectivity index (χ1n) is 8.94. The molecule has 2 rings (SSSR count). The number of hydrogen-bond donors (Lipinski definition) is 3. The SMILES string of the molecule is CC(C)c1ccc(NC(=S)NC[C@@H](Cc2ccccc2)[NH+](C)C)cc1. The van der Waals surface area contributed by atoms with Crippen LogP contribution in [0, 0.1) is 0 Å². The molecule has 0 bridgehead atoms. The van der Waals surface area contributed by atoms with Crippen molar-refractivity contribution in [3.05, 3.63) is 65.7 Å². The minimum atomic E-state index is 0.463. The molecule has 1 atom stereocenters. The maximum atomic E-state index is 5.46. The quantitative estimate of drug-likeness (QED) is 0.666. The van der Waals surface area contributed by atoms with Gasteiger partial charge in [0, 0.05) is 12.1 Å². The van der Waals surface area contributed by atoms with Crippen molar-refractivity contribution in [2.24, 2.45) is 0 Å². The number of rotatable bonds is 7. The lowest BCUT2D eigenvalue weighted by atomic mass is 10.0. The molecule has 0 saturated carbocycles. The molecule has 0 saturated heterocycles. The Labute approximate surface area is 157 Å². The van der Waals surface area contributed by atoms with E-state index < -0.39 is 0 Å². The van der Waals surface area contributed by atoms with E-state index in [0.29, 0.717) is 17.1 Å². The van der Waals surface area contributed by atoms with E-state index in [0.717, 1.165) is 18.7 Å². The second kappa shape index (κ2) is 9.54. The fourth-order valence-corrected chi connectivity index (χ4v) is 2.92. The predicted molar refractivity (Wildman–Crippen MR) is 111 cm³/mol. The highest BCUT2D eigenvalue weighted by molar-refractivity contribution is 7.80. The maximum Gasteiger partial charge on any atom is 0.170 e. The zero-order valence-corrected chi connectivity index (χ0v) is 16.5. The number of quaternary nitrogens is 1. The molecule has 3 N–H and O–H groups in total. The summed E-state index contributed by atoms with van der Waals surface area (Å²) >= 11 is 5.46. The highest BCUT2D eigenvalue weighted by Crippen LogP contribution is 2.16. The molecule has 0 aliphatic rings. The van der Waals surface area contributed by atoms with E-state index in [1.165, 1.54) is 16.0 Å². The smallest absolute Gasteiger partial charge is 0.170 e. The van der Waals surface area contributed by atoms with Gasteiger partial charge in [0.2, 0.25) is 0 Å². The number of nitrogens with one attached hydrogen (secondary N) is 3. The molecule has 0 aliphatic heterocycles. The molecule has 0 unspecified atom stereocenters. The third kappa shape index (κ3) is 6.48. The molecular weight excluding hydrogens is 326 g/mol. The molecule has 2 aromatic carbocycles. The molecule has 25 heavy (non-hydrogen) atoms. The van der Waals surface area contributed by atoms with Crippen LogP contribution >= 0.6 is 12.2 Å². The second-order valence-electron chi connectivity index (χ2n) is 7.08. The first-order chi connectivity index (χ1) is 12.0. The molecule has 134 valence electrons. The van der Waals surface area contributed by atoms with E-state index in [1.54, 1.807) is 0 Å². The topological polar surface area (TPSA) is 28.5 Å². The number of anilines is 1. The van der Waals surface area contributed by atoms with Crippen LogP contribution in [0.2, 0.25) is 0 Å². The van der Waals surface area contributed by atoms with Crippen molar-refractivity contribution in [2.75, 3.05) is 26.0 Å². The number of thiocarbonyl (C=S) groups is 1. The Balaban J connectivity index is 1.86. The molecule has 0 fully saturated rings. The number of likely N-dealkylation sites (N-methyl/N-ethyl adjacent to an activating group) is 1. The highest BCUT2D eigenvalue weighted by atomic mass is 32.1. The van der Waals surface area contributed by atoms with Crippen LogP contribution in [0.1, 0.15) is 30.9 Å². The van der Waals surface area contributed by atoms with Gasteiger partial charge in [0.1, 0.15) is 6.04 Å². The maximum absolute atomic E-state index is 5.46. The lowest BCUT2D eigenvalue weighted by Gasteiger charge is -2.23. The average Bonchev–Trinajstić information content (AvgIpc) is 2.59. The van der Waals surface area contributed by atoms with Gasteiger partial charge in [0.15, 0.2) is 5.11 Å². The molecular formula is C21H30N3S+. The molecule has 4 heteroatoms. The molecule has 3 nitrogen and oxygen atoms in total. The summed E-state index contributed by atoms with van der Waals surface area (Å²) in [6.07, 6.45) is 1.03. The van der Waals surface area contributed by atoms with Crippen molar-refractivity contribution < 1.29 is 4.90 Å². The Kier molecular flexibility index (Phi) is 7.41. The Morgan fingerprint density at radius 1 is 1.00 bits per heavy atom. The van der Waals surface area contributed by atoms with Gasteiger partial charge < -0.3 is 15.5 Å². The van der Waals surface area contributed by atoms with Gasteiger partial charge >= 0.3 is 0 Å². The predicted octanol–water partition coefficient (Wildman–Crippen LogP) is 2.85.